The number of guanidine groups is 1. The molecule has 25 heavy (non-hydrogen) atoms. The van der Waals surface area contributed by atoms with Gasteiger partial charge in [-0.3, -0.25) is 10.1 Å². The van der Waals surface area contributed by atoms with Gasteiger partial charge in [0.15, 0.2) is 5.96 Å². The van der Waals surface area contributed by atoms with Crippen LogP contribution in [0.3, 0.4) is 0 Å². The molecule has 7 nitrogen and oxygen atoms in total. The van der Waals surface area contributed by atoms with Crippen LogP contribution in [0.4, 0.5) is 21.5 Å². The van der Waals surface area contributed by atoms with Gasteiger partial charge in [0.25, 0.3) is 5.69 Å². The Morgan fingerprint density at radius 2 is 1.92 bits per heavy atom. The van der Waals surface area contributed by atoms with Gasteiger partial charge < -0.3 is 16.0 Å². The fraction of sp³-hybridized carbons (Fsp3) is 0.235. The Morgan fingerprint density at radius 1 is 1.28 bits per heavy atom. The van der Waals surface area contributed by atoms with Crippen LogP contribution in [0.15, 0.2) is 41.4 Å². The summed E-state index contributed by atoms with van der Waals surface area (Å²) in [5.41, 5.74) is 8.06. The van der Waals surface area contributed by atoms with Gasteiger partial charge in [0, 0.05) is 13.1 Å². The zero-order valence-corrected chi connectivity index (χ0v) is 14.3. The molecule has 8 heteroatoms. The molecular weight excluding hydrogens is 325 g/mol. The molecule has 0 radical (unpaired) electrons. The van der Waals surface area contributed by atoms with Gasteiger partial charge in [-0.1, -0.05) is 24.3 Å². The Morgan fingerprint density at radius 3 is 2.56 bits per heavy atom. The number of para-hydroxylation sites is 2. The Bertz CT molecular complexity index is 802. The summed E-state index contributed by atoms with van der Waals surface area (Å²) in [5.74, 6) is -0.305. The molecule has 0 atom stereocenters. The zero-order valence-electron chi connectivity index (χ0n) is 14.3. The highest BCUT2D eigenvalue weighted by Crippen LogP contribution is 2.27. The molecule has 0 unspecified atom stereocenters. The van der Waals surface area contributed by atoms with Crippen LogP contribution in [0.2, 0.25) is 0 Å². The standard InChI is InChI=1S/C17H20FN5O2/c1-11-6-5-9-14(23(24)25)15(11)20-10-21-17(19)22(3)16-12(2)7-4-8-13(16)18/h4-9,20H,10H2,1-3H3,(H2,19,21). The van der Waals surface area contributed by atoms with E-state index < -0.39 is 10.7 Å². The van der Waals surface area contributed by atoms with E-state index in [1.54, 1.807) is 45.2 Å². The van der Waals surface area contributed by atoms with Crippen molar-refractivity contribution in [1.29, 1.82) is 0 Å². The zero-order chi connectivity index (χ0) is 18.6. The van der Waals surface area contributed by atoms with Crippen molar-refractivity contribution in [3.63, 3.8) is 0 Å². The third-order valence-electron chi connectivity index (χ3n) is 3.81. The minimum atomic E-state index is -0.461. The highest BCUT2D eigenvalue weighted by Gasteiger charge is 2.16. The van der Waals surface area contributed by atoms with Crippen molar-refractivity contribution < 1.29 is 9.31 Å². The second-order valence-corrected chi connectivity index (χ2v) is 5.54. The number of nitrogens with two attached hydrogens (primary N) is 1. The first kappa shape index (κ1) is 18.2. The van der Waals surface area contributed by atoms with Crippen LogP contribution < -0.4 is 16.0 Å². The second-order valence-electron chi connectivity index (χ2n) is 5.54. The molecule has 2 aromatic rings. The van der Waals surface area contributed by atoms with Gasteiger partial charge in [-0.15, -0.1) is 0 Å². The number of benzene rings is 2. The van der Waals surface area contributed by atoms with E-state index in [2.05, 4.69) is 10.3 Å². The lowest BCUT2D eigenvalue weighted by molar-refractivity contribution is -0.384. The van der Waals surface area contributed by atoms with Crippen LogP contribution in [0.25, 0.3) is 0 Å². The summed E-state index contributed by atoms with van der Waals surface area (Å²) in [7, 11) is 1.61. The Kier molecular flexibility index (Phi) is 5.53. The highest BCUT2D eigenvalue weighted by molar-refractivity contribution is 5.95. The molecule has 2 aromatic carbocycles. The molecule has 3 N–H and O–H groups in total. The van der Waals surface area contributed by atoms with E-state index in [4.69, 9.17) is 5.73 Å². The molecule has 0 heterocycles. The van der Waals surface area contributed by atoms with E-state index in [-0.39, 0.29) is 18.3 Å². The third-order valence-corrected chi connectivity index (χ3v) is 3.81. The first-order chi connectivity index (χ1) is 11.8. The molecular formula is C17H20FN5O2. The maximum absolute atomic E-state index is 14.0. The fourth-order valence-electron chi connectivity index (χ4n) is 2.50. The monoisotopic (exact) mass is 345 g/mol. The van der Waals surface area contributed by atoms with Gasteiger partial charge in [-0.25, -0.2) is 9.38 Å². The van der Waals surface area contributed by atoms with Gasteiger partial charge in [0.05, 0.1) is 10.6 Å². The van der Waals surface area contributed by atoms with E-state index in [9.17, 15) is 14.5 Å². The van der Waals surface area contributed by atoms with Crippen molar-refractivity contribution in [1.82, 2.24) is 0 Å². The lowest BCUT2D eigenvalue weighted by atomic mass is 10.1. The molecule has 2 rings (SSSR count). The Balaban J connectivity index is 2.16. The quantitative estimate of drug-likeness (QED) is 0.375. The van der Waals surface area contributed by atoms with Gasteiger partial charge >= 0.3 is 0 Å². The molecule has 0 aliphatic heterocycles. The number of nitrogens with one attached hydrogen (secondary N) is 1. The Labute approximate surface area is 145 Å². The maximum atomic E-state index is 14.0. The van der Waals surface area contributed by atoms with Crippen LogP contribution in [0, 0.1) is 29.8 Å². The number of anilines is 2. The van der Waals surface area contributed by atoms with Crippen LogP contribution in [-0.4, -0.2) is 24.6 Å². The van der Waals surface area contributed by atoms with Gasteiger partial charge in [-0.05, 0) is 31.0 Å². The largest absolute Gasteiger partial charge is 0.369 e. The number of aliphatic imine (C=N–C) groups is 1. The lowest BCUT2D eigenvalue weighted by Gasteiger charge is -2.21. The van der Waals surface area contributed by atoms with Gasteiger partial charge in [0.2, 0.25) is 0 Å². The molecule has 0 aliphatic rings. The molecule has 0 spiro atoms. The number of hydrogen-bond donors (Lipinski definition) is 2. The molecule has 0 fully saturated rings. The second kappa shape index (κ2) is 7.61. The van der Waals surface area contributed by atoms with Crippen molar-refractivity contribution in [2.24, 2.45) is 10.7 Å². The summed E-state index contributed by atoms with van der Waals surface area (Å²) in [6.07, 6.45) is 0. The van der Waals surface area contributed by atoms with E-state index in [1.165, 1.54) is 17.0 Å². The molecule has 0 amide bonds. The van der Waals surface area contributed by atoms with Crippen molar-refractivity contribution in [3.8, 4) is 0 Å². The van der Waals surface area contributed by atoms with Gasteiger partial charge in [0.1, 0.15) is 18.2 Å². The summed E-state index contributed by atoms with van der Waals surface area (Å²) in [6, 6.07) is 9.53. The number of nitrogens with zero attached hydrogens (tertiary/aromatic N) is 3. The predicted octanol–water partition coefficient (Wildman–Crippen LogP) is 3.17. The summed E-state index contributed by atoms with van der Waals surface area (Å²) >= 11 is 0. The van der Waals surface area contributed by atoms with Crippen LogP contribution in [0.5, 0.6) is 0 Å². The number of nitro groups is 1. The summed E-state index contributed by atoms with van der Waals surface area (Å²) in [4.78, 5) is 16.2. The number of halogens is 1. The van der Waals surface area contributed by atoms with Crippen molar-refractivity contribution in [3.05, 3.63) is 63.5 Å². The van der Waals surface area contributed by atoms with E-state index in [0.29, 0.717) is 11.4 Å². The van der Waals surface area contributed by atoms with Crippen molar-refractivity contribution in [2.45, 2.75) is 13.8 Å². The normalized spacial score (nSPS) is 11.3. The van der Waals surface area contributed by atoms with Crippen LogP contribution in [0.1, 0.15) is 11.1 Å². The van der Waals surface area contributed by atoms with Crippen LogP contribution >= 0.6 is 0 Å². The van der Waals surface area contributed by atoms with Crippen molar-refractivity contribution >= 4 is 23.0 Å². The molecule has 0 aliphatic carbocycles. The molecule has 0 aromatic heterocycles. The molecule has 0 saturated heterocycles. The number of nitro benzene ring substituents is 1. The molecule has 132 valence electrons. The third kappa shape index (κ3) is 4.03. The average molecular weight is 345 g/mol. The van der Waals surface area contributed by atoms with Crippen LogP contribution in [-0.2, 0) is 0 Å². The topological polar surface area (TPSA) is 96.8 Å². The van der Waals surface area contributed by atoms with Crippen molar-refractivity contribution in [2.75, 3.05) is 23.9 Å². The summed E-state index contributed by atoms with van der Waals surface area (Å²) in [6.45, 7) is 3.56. The maximum Gasteiger partial charge on any atom is 0.292 e. The summed E-state index contributed by atoms with van der Waals surface area (Å²) in [5, 5.41) is 14.0. The minimum absolute atomic E-state index is 0.0232. The van der Waals surface area contributed by atoms with E-state index >= 15 is 0 Å². The fourth-order valence-corrected chi connectivity index (χ4v) is 2.50. The summed E-state index contributed by atoms with van der Waals surface area (Å²) < 4.78 is 14.0. The van der Waals surface area contributed by atoms with Gasteiger partial charge in [-0.2, -0.15) is 0 Å². The smallest absolute Gasteiger partial charge is 0.292 e. The molecule has 0 bridgehead atoms. The minimum Gasteiger partial charge on any atom is -0.369 e. The first-order valence-electron chi connectivity index (χ1n) is 7.59. The number of aryl methyl sites for hydroxylation is 2. The van der Waals surface area contributed by atoms with E-state index in [0.717, 1.165) is 11.1 Å². The number of rotatable bonds is 5. The lowest BCUT2D eigenvalue weighted by Crippen LogP contribution is -2.35. The molecule has 0 saturated carbocycles. The number of hydrogen-bond acceptors (Lipinski definition) is 4. The predicted molar refractivity (Wildman–Crippen MR) is 97.5 cm³/mol. The highest BCUT2D eigenvalue weighted by atomic mass is 19.1. The first-order valence-corrected chi connectivity index (χ1v) is 7.59. The Hall–Kier alpha value is -3.16. The van der Waals surface area contributed by atoms with E-state index in [1.807, 2.05) is 0 Å². The SMILES string of the molecule is Cc1cccc([N+](=O)[O-])c1NCN=C(N)N(C)c1c(C)cccc1F. The average Bonchev–Trinajstić information content (AvgIpc) is 2.55.